The standard InChI is InChI=1S/C26H31ClN6O2S/c1-19-28-18-24-25(10-5-11-31(2)26(24)29-19)30-21-7-4-9-23(17-21)36(34,35)33-14-12-32(13-15-33)22-8-3-6-20(27)16-22/h3-4,6-9,16-18,25,30H,5,10-15H2,1-2H3. The molecule has 1 saturated heterocycles. The molecular formula is C26H31ClN6O2S. The summed E-state index contributed by atoms with van der Waals surface area (Å²) in [5, 5.41) is 4.23. The van der Waals surface area contributed by atoms with Gasteiger partial charge in [-0.05, 0) is 56.2 Å². The zero-order valence-electron chi connectivity index (χ0n) is 20.6. The minimum atomic E-state index is -3.61. The van der Waals surface area contributed by atoms with Crippen molar-refractivity contribution in [1.82, 2.24) is 14.3 Å². The van der Waals surface area contributed by atoms with Crippen LogP contribution in [0.5, 0.6) is 0 Å². The normalized spacial score (nSPS) is 19.0. The van der Waals surface area contributed by atoms with Gasteiger partial charge in [0, 0.05) is 67.9 Å². The first-order valence-corrected chi connectivity index (χ1v) is 14.0. The van der Waals surface area contributed by atoms with Crippen LogP contribution in [0.15, 0.2) is 59.6 Å². The quantitative estimate of drug-likeness (QED) is 0.530. The number of fused-ring (bicyclic) bond motifs is 1. The maximum atomic E-state index is 13.5. The molecule has 3 aromatic rings. The fourth-order valence-corrected chi connectivity index (χ4v) is 6.57. The van der Waals surface area contributed by atoms with Crippen LogP contribution in [0.2, 0.25) is 5.02 Å². The van der Waals surface area contributed by atoms with E-state index in [1.165, 1.54) is 0 Å². The van der Waals surface area contributed by atoms with Gasteiger partial charge in [0.2, 0.25) is 10.0 Å². The van der Waals surface area contributed by atoms with Gasteiger partial charge in [-0.2, -0.15) is 4.31 Å². The van der Waals surface area contributed by atoms with E-state index in [2.05, 4.69) is 25.1 Å². The number of halogens is 1. The van der Waals surface area contributed by atoms with Crippen molar-refractivity contribution in [3.8, 4) is 0 Å². The molecule has 1 fully saturated rings. The van der Waals surface area contributed by atoms with E-state index in [1.807, 2.05) is 50.5 Å². The van der Waals surface area contributed by atoms with Crippen LogP contribution in [0, 0.1) is 6.92 Å². The molecule has 8 nitrogen and oxygen atoms in total. The van der Waals surface area contributed by atoms with E-state index in [4.69, 9.17) is 11.6 Å². The number of aromatic nitrogens is 2. The molecule has 2 aliphatic heterocycles. The molecule has 1 atom stereocenters. The van der Waals surface area contributed by atoms with Crippen LogP contribution in [0.4, 0.5) is 17.2 Å². The molecule has 10 heteroatoms. The minimum absolute atomic E-state index is 0.00439. The predicted octanol–water partition coefficient (Wildman–Crippen LogP) is 4.33. The SMILES string of the molecule is Cc1ncc2c(n1)N(C)CCCC2Nc1cccc(S(=O)(=O)N2CCN(c3cccc(Cl)c3)CC2)c1. The zero-order valence-corrected chi connectivity index (χ0v) is 22.1. The Morgan fingerprint density at radius 3 is 2.58 bits per heavy atom. The Morgan fingerprint density at radius 2 is 1.81 bits per heavy atom. The summed E-state index contributed by atoms with van der Waals surface area (Å²) in [7, 11) is -1.56. The van der Waals surface area contributed by atoms with E-state index in [9.17, 15) is 8.42 Å². The van der Waals surface area contributed by atoms with Crippen LogP contribution in [0.3, 0.4) is 0 Å². The van der Waals surface area contributed by atoms with Crippen molar-refractivity contribution in [2.24, 2.45) is 0 Å². The Balaban J connectivity index is 1.32. The number of nitrogens with zero attached hydrogens (tertiary/aromatic N) is 5. The maximum Gasteiger partial charge on any atom is 0.243 e. The topological polar surface area (TPSA) is 81.7 Å². The van der Waals surface area contributed by atoms with E-state index in [0.29, 0.717) is 36.1 Å². The van der Waals surface area contributed by atoms with Gasteiger partial charge in [-0.1, -0.05) is 23.7 Å². The van der Waals surface area contributed by atoms with Crippen LogP contribution in [-0.2, 0) is 10.0 Å². The monoisotopic (exact) mass is 526 g/mol. The number of sulfonamides is 1. The summed E-state index contributed by atoms with van der Waals surface area (Å²) in [6.45, 7) is 4.88. The van der Waals surface area contributed by atoms with Crippen molar-refractivity contribution >= 4 is 38.8 Å². The first-order chi connectivity index (χ1) is 17.3. The van der Waals surface area contributed by atoms with Crippen molar-refractivity contribution in [3.63, 3.8) is 0 Å². The van der Waals surface area contributed by atoms with Gasteiger partial charge in [0.05, 0.1) is 10.9 Å². The molecule has 190 valence electrons. The van der Waals surface area contributed by atoms with Gasteiger partial charge in [-0.3, -0.25) is 0 Å². The van der Waals surface area contributed by atoms with Crippen molar-refractivity contribution in [2.75, 3.05) is 54.9 Å². The fraction of sp³-hybridized carbons (Fsp3) is 0.385. The molecule has 1 aromatic heterocycles. The number of nitrogens with one attached hydrogen (secondary N) is 1. The summed E-state index contributed by atoms with van der Waals surface area (Å²) in [6.07, 6.45) is 3.79. The van der Waals surface area contributed by atoms with Crippen LogP contribution in [0.1, 0.15) is 30.3 Å². The highest BCUT2D eigenvalue weighted by molar-refractivity contribution is 7.89. The van der Waals surface area contributed by atoms with E-state index >= 15 is 0 Å². The highest BCUT2D eigenvalue weighted by Gasteiger charge is 2.29. The molecule has 5 rings (SSSR count). The summed E-state index contributed by atoms with van der Waals surface area (Å²) >= 11 is 6.13. The summed E-state index contributed by atoms with van der Waals surface area (Å²) in [5.41, 5.74) is 2.82. The number of hydrogen-bond acceptors (Lipinski definition) is 7. The van der Waals surface area contributed by atoms with Gasteiger partial charge in [0.15, 0.2) is 0 Å². The largest absolute Gasteiger partial charge is 0.378 e. The van der Waals surface area contributed by atoms with Crippen molar-refractivity contribution in [2.45, 2.75) is 30.7 Å². The lowest BCUT2D eigenvalue weighted by Gasteiger charge is -2.35. The van der Waals surface area contributed by atoms with E-state index in [0.717, 1.165) is 48.0 Å². The van der Waals surface area contributed by atoms with Crippen molar-refractivity contribution in [3.05, 3.63) is 71.1 Å². The second-order valence-electron chi connectivity index (χ2n) is 9.36. The third kappa shape index (κ3) is 5.14. The lowest BCUT2D eigenvalue weighted by atomic mass is 10.1. The second-order valence-corrected chi connectivity index (χ2v) is 11.7. The predicted molar refractivity (Wildman–Crippen MR) is 145 cm³/mol. The molecule has 2 aromatic carbocycles. The molecule has 2 aliphatic rings. The Bertz CT molecular complexity index is 1340. The molecule has 1 N–H and O–H groups in total. The van der Waals surface area contributed by atoms with E-state index < -0.39 is 10.0 Å². The highest BCUT2D eigenvalue weighted by Crippen LogP contribution is 2.33. The number of aryl methyl sites for hydroxylation is 1. The summed E-state index contributed by atoms with van der Waals surface area (Å²) in [4.78, 5) is 13.7. The highest BCUT2D eigenvalue weighted by atomic mass is 35.5. The van der Waals surface area contributed by atoms with E-state index in [-0.39, 0.29) is 6.04 Å². The Labute approximate surface area is 218 Å². The third-order valence-corrected chi connectivity index (χ3v) is 8.99. The Kier molecular flexibility index (Phi) is 7.05. The molecule has 0 aliphatic carbocycles. The molecule has 36 heavy (non-hydrogen) atoms. The Hall–Kier alpha value is -2.88. The number of benzene rings is 2. The van der Waals surface area contributed by atoms with Crippen LogP contribution < -0.4 is 15.1 Å². The number of anilines is 3. The zero-order chi connectivity index (χ0) is 25.3. The van der Waals surface area contributed by atoms with Crippen molar-refractivity contribution < 1.29 is 8.42 Å². The summed E-state index contributed by atoms with van der Waals surface area (Å²) in [6, 6.07) is 14.8. The fourth-order valence-electron chi connectivity index (χ4n) is 4.92. The van der Waals surface area contributed by atoms with Gasteiger partial charge >= 0.3 is 0 Å². The molecule has 0 amide bonds. The number of piperazine rings is 1. The van der Waals surface area contributed by atoms with Gasteiger partial charge in [-0.25, -0.2) is 18.4 Å². The second kappa shape index (κ2) is 10.2. The van der Waals surface area contributed by atoms with Gasteiger partial charge in [0.1, 0.15) is 11.6 Å². The molecule has 1 unspecified atom stereocenters. The van der Waals surface area contributed by atoms with Crippen LogP contribution in [-0.4, -0.2) is 62.5 Å². The molecule has 0 radical (unpaired) electrons. The molecular weight excluding hydrogens is 496 g/mol. The van der Waals surface area contributed by atoms with Crippen LogP contribution in [0.25, 0.3) is 0 Å². The lowest BCUT2D eigenvalue weighted by molar-refractivity contribution is 0.385. The molecule has 0 spiro atoms. The number of hydrogen-bond donors (Lipinski definition) is 1. The molecule has 0 saturated carbocycles. The summed E-state index contributed by atoms with van der Waals surface area (Å²) in [5.74, 6) is 1.67. The minimum Gasteiger partial charge on any atom is -0.378 e. The third-order valence-electron chi connectivity index (χ3n) is 6.86. The maximum absolute atomic E-state index is 13.5. The van der Waals surface area contributed by atoms with E-state index in [1.54, 1.807) is 22.5 Å². The van der Waals surface area contributed by atoms with Crippen LogP contribution >= 0.6 is 11.6 Å². The Morgan fingerprint density at radius 1 is 1.03 bits per heavy atom. The lowest BCUT2D eigenvalue weighted by Crippen LogP contribution is -2.48. The smallest absolute Gasteiger partial charge is 0.243 e. The van der Waals surface area contributed by atoms with Crippen molar-refractivity contribution in [1.29, 1.82) is 0 Å². The van der Waals surface area contributed by atoms with Gasteiger partial charge < -0.3 is 15.1 Å². The average Bonchev–Trinajstić information content (AvgIpc) is 3.02. The molecule has 0 bridgehead atoms. The first kappa shape index (κ1) is 24.8. The molecule has 3 heterocycles. The number of rotatable bonds is 5. The van der Waals surface area contributed by atoms with Gasteiger partial charge in [-0.15, -0.1) is 0 Å². The average molecular weight is 527 g/mol. The van der Waals surface area contributed by atoms with Gasteiger partial charge in [0.25, 0.3) is 0 Å². The first-order valence-electron chi connectivity index (χ1n) is 12.2. The summed E-state index contributed by atoms with van der Waals surface area (Å²) < 4.78 is 28.6.